The Morgan fingerprint density at radius 3 is 0.871 bits per heavy atom. The molecular formula is C16H18O15. The zero-order chi connectivity index (χ0) is 24.5. The van der Waals surface area contributed by atoms with Crippen LogP contribution in [0, 0.1) is 23.7 Å². The number of esters is 2. The molecule has 15 heteroatoms. The summed E-state index contributed by atoms with van der Waals surface area (Å²) >= 11 is 0. The van der Waals surface area contributed by atoms with E-state index in [9.17, 15) is 38.4 Å². The van der Waals surface area contributed by atoms with E-state index in [2.05, 4.69) is 4.74 Å². The van der Waals surface area contributed by atoms with Crippen molar-refractivity contribution in [2.45, 2.75) is 25.7 Å². The van der Waals surface area contributed by atoms with Gasteiger partial charge >= 0.3 is 47.8 Å². The Labute approximate surface area is 171 Å². The Kier molecular flexibility index (Phi) is 10.3. The lowest BCUT2D eigenvalue weighted by molar-refractivity contribution is -0.169. The maximum absolute atomic E-state index is 11.8. The number of rotatable bonds is 14. The highest BCUT2D eigenvalue weighted by molar-refractivity contribution is 5.92. The van der Waals surface area contributed by atoms with Gasteiger partial charge in [-0.3, -0.25) is 38.4 Å². The van der Waals surface area contributed by atoms with E-state index in [-0.39, 0.29) is 0 Å². The van der Waals surface area contributed by atoms with Crippen LogP contribution in [0.2, 0.25) is 0 Å². The van der Waals surface area contributed by atoms with Crippen LogP contribution in [-0.4, -0.2) is 78.4 Å². The molecule has 172 valence electrons. The predicted molar refractivity (Wildman–Crippen MR) is 89.3 cm³/mol. The fraction of sp³-hybridized carbons (Fsp3) is 0.500. The molecule has 4 atom stereocenters. The summed E-state index contributed by atoms with van der Waals surface area (Å²) in [5, 5.41) is 53.5. The minimum absolute atomic E-state index is 1.16. The summed E-state index contributed by atoms with van der Waals surface area (Å²) in [6, 6.07) is 0. The van der Waals surface area contributed by atoms with Gasteiger partial charge in [-0.25, -0.2) is 0 Å². The Morgan fingerprint density at radius 1 is 0.452 bits per heavy atom. The van der Waals surface area contributed by atoms with Gasteiger partial charge in [0.15, 0.2) is 0 Å². The zero-order valence-electron chi connectivity index (χ0n) is 15.5. The first-order valence-electron chi connectivity index (χ1n) is 8.25. The molecule has 0 amide bonds. The number of carbonyl (C=O) groups is 8. The van der Waals surface area contributed by atoms with Crippen molar-refractivity contribution in [3.8, 4) is 0 Å². The van der Waals surface area contributed by atoms with Crippen molar-refractivity contribution >= 4 is 47.8 Å². The van der Waals surface area contributed by atoms with Crippen LogP contribution < -0.4 is 0 Å². The molecule has 0 aromatic rings. The number of carboxylic acid groups (broad SMARTS) is 6. The van der Waals surface area contributed by atoms with Crippen molar-refractivity contribution in [3.63, 3.8) is 0 Å². The molecule has 0 aromatic heterocycles. The van der Waals surface area contributed by atoms with Gasteiger partial charge in [-0.05, 0) is 0 Å². The fourth-order valence-electron chi connectivity index (χ4n) is 2.55. The first-order valence-corrected chi connectivity index (χ1v) is 8.25. The summed E-state index contributed by atoms with van der Waals surface area (Å²) in [6.07, 6.45) is -4.85. The van der Waals surface area contributed by atoms with Crippen molar-refractivity contribution in [2.24, 2.45) is 23.7 Å². The van der Waals surface area contributed by atoms with Crippen LogP contribution >= 0.6 is 0 Å². The van der Waals surface area contributed by atoms with Crippen molar-refractivity contribution in [1.29, 1.82) is 0 Å². The molecule has 4 unspecified atom stereocenters. The van der Waals surface area contributed by atoms with E-state index in [0.717, 1.165) is 0 Å². The van der Waals surface area contributed by atoms with E-state index >= 15 is 0 Å². The third-order valence-corrected chi connectivity index (χ3v) is 4.03. The second-order valence-corrected chi connectivity index (χ2v) is 6.23. The molecule has 0 heterocycles. The van der Waals surface area contributed by atoms with E-state index < -0.39 is 97.1 Å². The molecule has 0 fully saturated rings. The van der Waals surface area contributed by atoms with Crippen molar-refractivity contribution in [1.82, 2.24) is 0 Å². The van der Waals surface area contributed by atoms with Crippen molar-refractivity contribution in [3.05, 3.63) is 0 Å². The van der Waals surface area contributed by atoms with E-state index in [4.69, 9.17) is 30.6 Å². The molecule has 6 N–H and O–H groups in total. The van der Waals surface area contributed by atoms with Gasteiger partial charge < -0.3 is 35.4 Å². The summed E-state index contributed by atoms with van der Waals surface area (Å²) in [4.78, 5) is 89.7. The SMILES string of the molecule is O=C(O)CC(C(=O)O)C(CC(=O)OC(=O)CC(C(=O)O)C(CC(=O)O)C(=O)O)C(=O)O. The van der Waals surface area contributed by atoms with E-state index in [1.807, 2.05) is 0 Å². The van der Waals surface area contributed by atoms with Gasteiger partial charge in [-0.15, -0.1) is 0 Å². The van der Waals surface area contributed by atoms with Gasteiger partial charge in [-0.2, -0.15) is 0 Å². The van der Waals surface area contributed by atoms with Crippen LogP contribution in [0.3, 0.4) is 0 Å². The standard InChI is InChI=1S/C16H18O15/c17-9(18)1-5(13(23)24)7(15(27)28)3-11(21)31-12(22)4-8(16(29)30)6(14(25)26)2-10(19)20/h5-8H,1-4H2,(H,17,18)(H,19,20)(H,23,24)(H,25,26)(H,27,28)(H,29,30). The molecule has 0 aliphatic heterocycles. The Morgan fingerprint density at radius 2 is 0.677 bits per heavy atom. The number of carboxylic acids is 6. The highest BCUT2D eigenvalue weighted by Gasteiger charge is 2.40. The molecule has 0 rings (SSSR count). The van der Waals surface area contributed by atoms with Crippen molar-refractivity contribution < 1.29 is 73.7 Å². The zero-order valence-corrected chi connectivity index (χ0v) is 15.5. The van der Waals surface area contributed by atoms with E-state index in [0.29, 0.717) is 0 Å². The largest absolute Gasteiger partial charge is 0.481 e. The van der Waals surface area contributed by atoms with Crippen LogP contribution in [0.5, 0.6) is 0 Å². The fourth-order valence-corrected chi connectivity index (χ4v) is 2.55. The number of hydrogen-bond acceptors (Lipinski definition) is 9. The van der Waals surface area contributed by atoms with Crippen LogP contribution in [0.1, 0.15) is 25.7 Å². The monoisotopic (exact) mass is 450 g/mol. The Balaban J connectivity index is 5.36. The predicted octanol–water partition coefficient (Wildman–Crippen LogP) is -1.41. The van der Waals surface area contributed by atoms with E-state index in [1.54, 1.807) is 0 Å². The van der Waals surface area contributed by atoms with Crippen LogP contribution in [0.4, 0.5) is 0 Å². The minimum Gasteiger partial charge on any atom is -0.481 e. The average Bonchev–Trinajstić information content (AvgIpc) is 2.59. The van der Waals surface area contributed by atoms with Gasteiger partial charge in [0.1, 0.15) is 0 Å². The molecule has 0 saturated heterocycles. The molecule has 0 bridgehead atoms. The number of ether oxygens (including phenoxy) is 1. The van der Waals surface area contributed by atoms with Gasteiger partial charge in [0, 0.05) is 0 Å². The summed E-state index contributed by atoms with van der Waals surface area (Å²) in [7, 11) is 0. The molecule has 31 heavy (non-hydrogen) atoms. The second-order valence-electron chi connectivity index (χ2n) is 6.23. The average molecular weight is 450 g/mol. The van der Waals surface area contributed by atoms with Gasteiger partial charge in [-0.1, -0.05) is 0 Å². The smallest absolute Gasteiger partial charge is 0.314 e. The molecule has 0 radical (unpaired) electrons. The lowest BCUT2D eigenvalue weighted by atomic mass is 9.86. The van der Waals surface area contributed by atoms with Gasteiger partial charge in [0.05, 0.1) is 49.4 Å². The summed E-state index contributed by atoms with van der Waals surface area (Å²) in [6.45, 7) is 0. The van der Waals surface area contributed by atoms with Crippen LogP contribution in [0.25, 0.3) is 0 Å². The normalized spacial score (nSPS) is 14.3. The van der Waals surface area contributed by atoms with Crippen molar-refractivity contribution in [2.75, 3.05) is 0 Å². The highest BCUT2D eigenvalue weighted by Crippen LogP contribution is 2.24. The third kappa shape index (κ3) is 9.33. The second kappa shape index (κ2) is 11.8. The molecule has 0 aliphatic carbocycles. The molecule has 0 aromatic carbocycles. The summed E-state index contributed by atoms with van der Waals surface area (Å²) in [5.41, 5.74) is 0. The van der Waals surface area contributed by atoms with E-state index in [1.165, 1.54) is 0 Å². The minimum atomic E-state index is -2.11. The molecular weight excluding hydrogens is 432 g/mol. The maximum Gasteiger partial charge on any atom is 0.314 e. The first-order chi connectivity index (χ1) is 14.2. The summed E-state index contributed by atoms with van der Waals surface area (Å²) < 4.78 is 4.20. The number of carbonyl (C=O) groups excluding carboxylic acids is 2. The Bertz CT molecular complexity index is 718. The molecule has 15 nitrogen and oxygen atoms in total. The topological polar surface area (TPSA) is 267 Å². The quantitative estimate of drug-likeness (QED) is 0.131. The highest BCUT2D eigenvalue weighted by atomic mass is 16.6. The van der Waals surface area contributed by atoms with Gasteiger partial charge in [0.25, 0.3) is 0 Å². The maximum atomic E-state index is 11.8. The van der Waals surface area contributed by atoms with Crippen LogP contribution in [-0.2, 0) is 43.1 Å². The number of aliphatic carboxylic acids is 6. The first kappa shape index (κ1) is 27.0. The summed E-state index contributed by atoms with van der Waals surface area (Å²) in [5.74, 6) is -22.4. The molecule has 0 spiro atoms. The Hall–Kier alpha value is -4.04. The lowest BCUT2D eigenvalue weighted by Crippen LogP contribution is -2.35. The lowest BCUT2D eigenvalue weighted by Gasteiger charge is -2.19. The third-order valence-electron chi connectivity index (χ3n) is 4.03. The number of hydrogen-bond donors (Lipinski definition) is 6. The molecule has 0 aliphatic rings. The molecule has 0 saturated carbocycles. The van der Waals surface area contributed by atoms with Gasteiger partial charge in [0.2, 0.25) is 0 Å². The van der Waals surface area contributed by atoms with Crippen LogP contribution in [0.15, 0.2) is 0 Å².